The maximum Gasteiger partial charge on any atom is 0.434 e. The van der Waals surface area contributed by atoms with Gasteiger partial charge in [-0.15, -0.1) is 0 Å². The molecule has 1 rings (SSSR count). The van der Waals surface area contributed by atoms with Crippen molar-refractivity contribution in [3.8, 4) is 0 Å². The molecule has 1 aromatic heterocycles. The highest BCUT2D eigenvalue weighted by atomic mass is 19.4. The number of halogens is 3. The highest BCUT2D eigenvalue weighted by Crippen LogP contribution is 2.26. The van der Waals surface area contributed by atoms with Gasteiger partial charge in [0.05, 0.1) is 24.2 Å². The number of rotatable bonds is 4. The lowest BCUT2D eigenvalue weighted by Gasteiger charge is -2.14. The van der Waals surface area contributed by atoms with Crippen LogP contribution < -0.4 is 5.32 Å². The van der Waals surface area contributed by atoms with Crippen LogP contribution in [0.3, 0.4) is 0 Å². The molecule has 1 aromatic rings. The first kappa shape index (κ1) is 13.9. The largest absolute Gasteiger partial charge is 0.434 e. The Hall–Kier alpha value is -1.21. The molecule has 0 amide bonds. The second-order valence-corrected chi connectivity index (χ2v) is 3.80. The average Bonchev–Trinajstić information content (AvgIpc) is 2.25. The molecular weight excluding hydrogens is 235 g/mol. The predicted molar refractivity (Wildman–Crippen MR) is 55.1 cm³/mol. The van der Waals surface area contributed by atoms with Crippen molar-refractivity contribution in [1.82, 2.24) is 15.3 Å². The summed E-state index contributed by atoms with van der Waals surface area (Å²) >= 11 is 0. The van der Waals surface area contributed by atoms with Crippen LogP contribution in [0.5, 0.6) is 0 Å². The number of nitrogens with zero attached hydrogens (tertiary/aromatic N) is 2. The minimum absolute atomic E-state index is 0.264. The Balaban J connectivity index is 2.67. The zero-order valence-corrected chi connectivity index (χ0v) is 9.49. The van der Waals surface area contributed by atoms with Gasteiger partial charge in [0, 0.05) is 12.6 Å². The van der Waals surface area contributed by atoms with Crippen LogP contribution in [0, 0.1) is 0 Å². The highest BCUT2D eigenvalue weighted by molar-refractivity contribution is 5.08. The van der Waals surface area contributed by atoms with Gasteiger partial charge in [-0.25, -0.2) is 4.98 Å². The molecule has 0 aromatic carbocycles. The van der Waals surface area contributed by atoms with E-state index in [2.05, 4.69) is 15.3 Å². The molecule has 2 atom stereocenters. The van der Waals surface area contributed by atoms with Crippen molar-refractivity contribution in [1.29, 1.82) is 0 Å². The van der Waals surface area contributed by atoms with Gasteiger partial charge in [-0.2, -0.15) is 13.2 Å². The molecule has 1 unspecified atom stereocenters. The third-order valence-corrected chi connectivity index (χ3v) is 2.13. The number of aliphatic hydroxyl groups excluding tert-OH is 1. The van der Waals surface area contributed by atoms with Crippen molar-refractivity contribution < 1.29 is 18.3 Å². The number of aromatic nitrogens is 2. The molecular formula is C10H14F3N3O. The van der Waals surface area contributed by atoms with Gasteiger partial charge in [-0.1, -0.05) is 0 Å². The topological polar surface area (TPSA) is 58.0 Å². The molecule has 7 heteroatoms. The SMILES string of the molecule is CC(NC[C@H](C)O)c1cnc(C(F)(F)F)cn1. The van der Waals surface area contributed by atoms with Crippen LogP contribution in [0.4, 0.5) is 13.2 Å². The van der Waals surface area contributed by atoms with Crippen molar-refractivity contribution >= 4 is 0 Å². The zero-order valence-electron chi connectivity index (χ0n) is 9.49. The van der Waals surface area contributed by atoms with Gasteiger partial charge in [0.2, 0.25) is 0 Å². The van der Waals surface area contributed by atoms with Gasteiger partial charge >= 0.3 is 6.18 Å². The number of hydrogen-bond acceptors (Lipinski definition) is 4. The van der Waals surface area contributed by atoms with E-state index < -0.39 is 18.0 Å². The van der Waals surface area contributed by atoms with Crippen LogP contribution in [0.15, 0.2) is 12.4 Å². The predicted octanol–water partition coefficient (Wildman–Crippen LogP) is 1.53. The summed E-state index contributed by atoms with van der Waals surface area (Å²) < 4.78 is 36.7. The van der Waals surface area contributed by atoms with E-state index in [1.807, 2.05) is 0 Å². The van der Waals surface area contributed by atoms with Crippen LogP contribution in [-0.4, -0.2) is 27.7 Å². The smallest absolute Gasteiger partial charge is 0.392 e. The number of nitrogens with one attached hydrogen (secondary N) is 1. The molecule has 0 saturated heterocycles. The molecule has 0 spiro atoms. The standard InChI is InChI=1S/C10H14F3N3O/c1-6(17)3-14-7(2)8-4-16-9(5-15-8)10(11,12)13/h4-7,14,17H,3H2,1-2H3/t6-,7?/m0/s1. The average molecular weight is 249 g/mol. The van der Waals surface area contributed by atoms with Crippen molar-refractivity contribution in [2.24, 2.45) is 0 Å². The Morgan fingerprint density at radius 2 is 1.94 bits per heavy atom. The number of alkyl halides is 3. The summed E-state index contributed by atoms with van der Waals surface area (Å²) in [6, 6.07) is -0.264. The molecule has 0 fully saturated rings. The zero-order chi connectivity index (χ0) is 13.1. The minimum Gasteiger partial charge on any atom is -0.392 e. The molecule has 0 bridgehead atoms. The van der Waals surface area contributed by atoms with E-state index in [4.69, 9.17) is 5.11 Å². The fourth-order valence-corrected chi connectivity index (χ4v) is 1.16. The number of hydrogen-bond donors (Lipinski definition) is 2. The van der Waals surface area contributed by atoms with E-state index in [9.17, 15) is 13.2 Å². The first-order valence-corrected chi connectivity index (χ1v) is 5.11. The molecule has 0 aliphatic heterocycles. The normalized spacial score (nSPS) is 15.6. The Labute approximate surface area is 96.9 Å². The first-order valence-electron chi connectivity index (χ1n) is 5.11. The van der Waals surface area contributed by atoms with Crippen molar-refractivity contribution in [2.75, 3.05) is 6.54 Å². The van der Waals surface area contributed by atoms with Gasteiger partial charge < -0.3 is 10.4 Å². The summed E-state index contributed by atoms with van der Waals surface area (Å²) in [7, 11) is 0. The van der Waals surface area contributed by atoms with Crippen molar-refractivity contribution in [3.05, 3.63) is 23.8 Å². The van der Waals surface area contributed by atoms with Gasteiger partial charge in [-0.05, 0) is 13.8 Å². The van der Waals surface area contributed by atoms with Crippen molar-refractivity contribution in [2.45, 2.75) is 32.2 Å². The number of aliphatic hydroxyl groups is 1. The Morgan fingerprint density at radius 1 is 1.29 bits per heavy atom. The van der Waals surface area contributed by atoms with Crippen LogP contribution in [0.1, 0.15) is 31.3 Å². The maximum atomic E-state index is 12.2. The van der Waals surface area contributed by atoms with Crippen LogP contribution in [-0.2, 0) is 6.18 Å². The molecule has 17 heavy (non-hydrogen) atoms. The lowest BCUT2D eigenvalue weighted by molar-refractivity contribution is -0.141. The van der Waals surface area contributed by atoms with E-state index >= 15 is 0 Å². The van der Waals surface area contributed by atoms with Gasteiger partial charge in [0.1, 0.15) is 0 Å². The summed E-state index contributed by atoms with van der Waals surface area (Å²) in [6.45, 7) is 3.68. The molecule has 0 aliphatic carbocycles. The van der Waals surface area contributed by atoms with Gasteiger partial charge in [-0.3, -0.25) is 4.98 Å². The van der Waals surface area contributed by atoms with Crippen LogP contribution in [0.25, 0.3) is 0 Å². The molecule has 0 saturated carbocycles. The lowest BCUT2D eigenvalue weighted by Crippen LogP contribution is -2.27. The summed E-state index contributed by atoms with van der Waals surface area (Å²) in [6.07, 6.45) is -3.21. The molecule has 4 nitrogen and oxygen atoms in total. The van der Waals surface area contributed by atoms with E-state index in [-0.39, 0.29) is 6.04 Å². The van der Waals surface area contributed by atoms with Crippen LogP contribution >= 0.6 is 0 Å². The summed E-state index contributed by atoms with van der Waals surface area (Å²) in [5.41, 5.74) is -0.609. The molecule has 0 radical (unpaired) electrons. The lowest BCUT2D eigenvalue weighted by atomic mass is 10.2. The van der Waals surface area contributed by atoms with Crippen molar-refractivity contribution in [3.63, 3.8) is 0 Å². The van der Waals surface area contributed by atoms with Gasteiger partial charge in [0.25, 0.3) is 0 Å². The van der Waals surface area contributed by atoms with E-state index in [0.29, 0.717) is 18.4 Å². The second kappa shape index (κ2) is 5.42. The molecule has 0 aliphatic rings. The monoisotopic (exact) mass is 249 g/mol. The minimum atomic E-state index is -4.47. The molecule has 96 valence electrons. The van der Waals surface area contributed by atoms with E-state index in [1.54, 1.807) is 13.8 Å². The third-order valence-electron chi connectivity index (χ3n) is 2.13. The van der Waals surface area contributed by atoms with Gasteiger partial charge in [0.15, 0.2) is 5.69 Å². The maximum absolute atomic E-state index is 12.2. The highest BCUT2D eigenvalue weighted by Gasteiger charge is 2.32. The summed E-state index contributed by atoms with van der Waals surface area (Å²) in [5, 5.41) is 12.0. The Kier molecular flexibility index (Phi) is 4.41. The van der Waals surface area contributed by atoms with E-state index in [0.717, 1.165) is 6.20 Å². The fraction of sp³-hybridized carbons (Fsp3) is 0.600. The third kappa shape index (κ3) is 4.27. The van der Waals surface area contributed by atoms with Crippen LogP contribution in [0.2, 0.25) is 0 Å². The quantitative estimate of drug-likeness (QED) is 0.849. The summed E-state index contributed by atoms with van der Waals surface area (Å²) in [4.78, 5) is 7.00. The van der Waals surface area contributed by atoms with E-state index in [1.165, 1.54) is 0 Å². The fourth-order valence-electron chi connectivity index (χ4n) is 1.16. The molecule has 2 N–H and O–H groups in total. The second-order valence-electron chi connectivity index (χ2n) is 3.80. The molecule has 1 heterocycles. The Morgan fingerprint density at radius 3 is 2.35 bits per heavy atom. The summed E-state index contributed by atoms with van der Waals surface area (Å²) in [5.74, 6) is 0. The Bertz CT molecular complexity index is 351. The first-order chi connectivity index (χ1) is 7.80.